The number of benzene rings is 5. The van der Waals surface area contributed by atoms with Crippen LogP contribution in [0.3, 0.4) is 0 Å². The molecule has 0 saturated carbocycles. The standard InChI is InChI=1S/C36H23F6NOS/c1-2-3-4-22-5-7-23(8-6-22)24-9-13-28(31(37)17-24)25-10-14-29(32(38)18-25)26-11-15-30(33(39)19-26)36(41,42)44-27-12-16-35(43-21-45)34(40)20-27/h2,5-20H,1,3-4H2. The summed E-state index contributed by atoms with van der Waals surface area (Å²) in [5.74, 6) is -4.32. The molecule has 0 unspecified atom stereocenters. The van der Waals surface area contributed by atoms with E-state index in [4.69, 9.17) is 0 Å². The van der Waals surface area contributed by atoms with Gasteiger partial charge < -0.3 is 4.74 Å². The molecule has 0 aromatic heterocycles. The molecule has 0 atom stereocenters. The Kier molecular flexibility index (Phi) is 9.32. The van der Waals surface area contributed by atoms with Gasteiger partial charge in [-0.2, -0.15) is 13.8 Å². The predicted molar refractivity (Wildman–Crippen MR) is 167 cm³/mol. The number of isothiocyanates is 1. The SMILES string of the molecule is C=CCCc1ccc(-c2ccc(-c3ccc(-c4ccc(C(F)(F)Oc5ccc(N=C=S)c(F)c5)c(F)c4)c(F)c3)c(F)c2)cc1. The fourth-order valence-corrected chi connectivity index (χ4v) is 4.89. The third-order valence-electron chi connectivity index (χ3n) is 7.10. The summed E-state index contributed by atoms with van der Waals surface area (Å²) in [6.45, 7) is 3.72. The van der Waals surface area contributed by atoms with Crippen molar-refractivity contribution in [3.05, 3.63) is 144 Å². The van der Waals surface area contributed by atoms with Crippen molar-refractivity contribution in [2.45, 2.75) is 19.0 Å². The summed E-state index contributed by atoms with van der Waals surface area (Å²) in [5.41, 5.74) is 1.53. The molecule has 9 heteroatoms. The molecule has 0 radical (unpaired) electrons. The topological polar surface area (TPSA) is 21.6 Å². The summed E-state index contributed by atoms with van der Waals surface area (Å²) in [5, 5.41) is 1.96. The molecule has 0 aliphatic carbocycles. The van der Waals surface area contributed by atoms with Crippen molar-refractivity contribution in [3.63, 3.8) is 0 Å². The number of nitrogens with zero attached hydrogens (tertiary/aromatic N) is 1. The van der Waals surface area contributed by atoms with Gasteiger partial charge >= 0.3 is 6.11 Å². The highest BCUT2D eigenvalue weighted by atomic mass is 32.1. The molecule has 5 aromatic rings. The Balaban J connectivity index is 1.35. The Morgan fingerprint density at radius 3 is 1.84 bits per heavy atom. The van der Waals surface area contributed by atoms with Gasteiger partial charge in [0.15, 0.2) is 5.82 Å². The highest BCUT2D eigenvalue weighted by Gasteiger charge is 2.38. The number of allylic oxidation sites excluding steroid dienone is 1. The number of halogens is 6. The van der Waals surface area contributed by atoms with E-state index in [1.54, 1.807) is 12.1 Å². The van der Waals surface area contributed by atoms with E-state index in [0.29, 0.717) is 11.6 Å². The third-order valence-corrected chi connectivity index (χ3v) is 7.19. The summed E-state index contributed by atoms with van der Waals surface area (Å²) in [4.78, 5) is 3.45. The van der Waals surface area contributed by atoms with Gasteiger partial charge in [-0.3, -0.25) is 0 Å². The maximum atomic E-state index is 15.2. The third kappa shape index (κ3) is 7.06. The van der Waals surface area contributed by atoms with E-state index in [1.165, 1.54) is 18.2 Å². The van der Waals surface area contributed by atoms with Crippen LogP contribution < -0.4 is 4.74 Å². The van der Waals surface area contributed by atoms with Gasteiger partial charge in [0.05, 0.1) is 10.7 Å². The molecule has 0 heterocycles. The number of hydrogen-bond acceptors (Lipinski definition) is 3. The zero-order valence-corrected chi connectivity index (χ0v) is 24.3. The molecule has 5 rings (SSSR count). The Labute approximate surface area is 261 Å². The molecular formula is C36H23F6NOS. The first kappa shape index (κ1) is 31.4. The van der Waals surface area contributed by atoms with Crippen molar-refractivity contribution in [1.29, 1.82) is 0 Å². The molecular weight excluding hydrogens is 608 g/mol. The van der Waals surface area contributed by atoms with Crippen LogP contribution in [0, 0.1) is 23.3 Å². The van der Waals surface area contributed by atoms with Gasteiger partial charge in [0, 0.05) is 17.2 Å². The molecule has 0 aliphatic heterocycles. The van der Waals surface area contributed by atoms with Gasteiger partial charge in [-0.05, 0) is 89.3 Å². The van der Waals surface area contributed by atoms with Crippen molar-refractivity contribution in [2.75, 3.05) is 0 Å². The van der Waals surface area contributed by atoms with E-state index in [1.807, 2.05) is 35.5 Å². The van der Waals surface area contributed by atoms with Gasteiger partial charge in [0.1, 0.15) is 28.9 Å². The molecule has 0 saturated heterocycles. The molecule has 0 bridgehead atoms. The summed E-state index contributed by atoms with van der Waals surface area (Å²) in [6, 6.07) is 21.6. The number of aryl methyl sites for hydroxylation is 1. The molecule has 2 nitrogen and oxygen atoms in total. The first-order valence-electron chi connectivity index (χ1n) is 13.6. The van der Waals surface area contributed by atoms with E-state index in [9.17, 15) is 17.6 Å². The van der Waals surface area contributed by atoms with E-state index in [-0.39, 0.29) is 27.9 Å². The van der Waals surface area contributed by atoms with Crippen LogP contribution in [0.1, 0.15) is 17.5 Å². The number of hydrogen-bond donors (Lipinski definition) is 0. The molecule has 5 aromatic carbocycles. The predicted octanol–water partition coefficient (Wildman–Crippen LogP) is 11.2. The van der Waals surface area contributed by atoms with Crippen LogP contribution in [0.15, 0.2) is 115 Å². The lowest BCUT2D eigenvalue weighted by Gasteiger charge is -2.19. The van der Waals surface area contributed by atoms with E-state index in [0.717, 1.165) is 60.4 Å². The monoisotopic (exact) mass is 631 g/mol. The molecule has 0 aliphatic rings. The van der Waals surface area contributed by atoms with Crippen LogP contribution in [0.5, 0.6) is 5.75 Å². The van der Waals surface area contributed by atoms with Crippen LogP contribution in [-0.2, 0) is 12.5 Å². The second-order valence-corrected chi connectivity index (χ2v) is 10.2. The Bertz CT molecular complexity index is 1930. The van der Waals surface area contributed by atoms with Crippen LogP contribution in [-0.4, -0.2) is 5.16 Å². The minimum absolute atomic E-state index is 0.0307. The van der Waals surface area contributed by atoms with Crippen molar-refractivity contribution >= 4 is 23.1 Å². The number of thiocarbonyl (C=S) groups is 1. The lowest BCUT2D eigenvalue weighted by atomic mass is 9.96. The Morgan fingerprint density at radius 1 is 0.689 bits per heavy atom. The van der Waals surface area contributed by atoms with Gasteiger partial charge in [-0.1, -0.05) is 60.7 Å². The first-order chi connectivity index (χ1) is 21.6. The quantitative estimate of drug-likeness (QED) is 0.0662. The number of ether oxygens (including phenoxy) is 1. The minimum atomic E-state index is -4.19. The maximum Gasteiger partial charge on any atom is 0.429 e. The zero-order valence-electron chi connectivity index (χ0n) is 23.5. The fraction of sp³-hybridized carbons (Fsp3) is 0.0833. The normalized spacial score (nSPS) is 11.2. The van der Waals surface area contributed by atoms with Crippen LogP contribution in [0.2, 0.25) is 0 Å². The average molecular weight is 632 g/mol. The summed E-state index contributed by atoms with van der Waals surface area (Å²) < 4.78 is 93.6. The maximum absolute atomic E-state index is 15.2. The van der Waals surface area contributed by atoms with E-state index >= 15 is 8.78 Å². The second kappa shape index (κ2) is 13.3. The van der Waals surface area contributed by atoms with E-state index < -0.39 is 40.7 Å². The van der Waals surface area contributed by atoms with Crippen LogP contribution >= 0.6 is 12.2 Å². The molecule has 226 valence electrons. The number of aliphatic imine (C=N–C) groups is 1. The lowest BCUT2D eigenvalue weighted by Crippen LogP contribution is -2.23. The molecule has 0 amide bonds. The fourth-order valence-electron chi connectivity index (χ4n) is 4.79. The minimum Gasteiger partial charge on any atom is -0.429 e. The molecule has 0 fully saturated rings. The van der Waals surface area contributed by atoms with Gasteiger partial charge in [0.25, 0.3) is 0 Å². The lowest BCUT2D eigenvalue weighted by molar-refractivity contribution is -0.187. The molecule has 45 heavy (non-hydrogen) atoms. The van der Waals surface area contributed by atoms with Crippen molar-refractivity contribution in [1.82, 2.24) is 0 Å². The molecule has 0 N–H and O–H groups in total. The highest BCUT2D eigenvalue weighted by Crippen LogP contribution is 2.37. The zero-order chi connectivity index (χ0) is 32.1. The van der Waals surface area contributed by atoms with E-state index in [2.05, 4.69) is 28.5 Å². The Morgan fingerprint density at radius 2 is 1.27 bits per heavy atom. The summed E-state index contributed by atoms with van der Waals surface area (Å²) in [7, 11) is 0. The van der Waals surface area contributed by atoms with Crippen LogP contribution in [0.25, 0.3) is 33.4 Å². The van der Waals surface area contributed by atoms with Crippen LogP contribution in [0.4, 0.5) is 32.0 Å². The van der Waals surface area contributed by atoms with Crippen molar-refractivity contribution in [2.24, 2.45) is 4.99 Å². The number of rotatable bonds is 10. The smallest absolute Gasteiger partial charge is 0.429 e. The van der Waals surface area contributed by atoms with Gasteiger partial charge in [0.2, 0.25) is 0 Å². The average Bonchev–Trinajstić information content (AvgIpc) is 3.01. The number of alkyl halides is 2. The second-order valence-electron chi connectivity index (χ2n) is 10.0. The Hall–Kier alpha value is -4.98. The van der Waals surface area contributed by atoms with Crippen molar-refractivity contribution < 1.29 is 31.1 Å². The van der Waals surface area contributed by atoms with Gasteiger partial charge in [-0.25, -0.2) is 17.6 Å². The molecule has 0 spiro atoms. The highest BCUT2D eigenvalue weighted by molar-refractivity contribution is 7.78. The summed E-state index contributed by atoms with van der Waals surface area (Å²) in [6.07, 6.45) is -0.629. The first-order valence-corrected chi connectivity index (χ1v) is 14.0. The van der Waals surface area contributed by atoms with Gasteiger partial charge in [-0.15, -0.1) is 6.58 Å². The largest absolute Gasteiger partial charge is 0.429 e. The summed E-state index contributed by atoms with van der Waals surface area (Å²) >= 11 is 4.39. The van der Waals surface area contributed by atoms with Crippen molar-refractivity contribution in [3.8, 4) is 39.1 Å².